The van der Waals surface area contributed by atoms with Crippen LogP contribution in [0.15, 0.2) is 41.7 Å². The molecule has 0 fully saturated rings. The van der Waals surface area contributed by atoms with E-state index in [2.05, 4.69) is 42.8 Å². The molecule has 0 amide bonds. The van der Waals surface area contributed by atoms with Crippen LogP contribution in [-0.2, 0) is 20.1 Å². The largest absolute Gasteiger partial charge is 0.351 e. The van der Waals surface area contributed by atoms with Gasteiger partial charge in [-0.3, -0.25) is 9.67 Å². The summed E-state index contributed by atoms with van der Waals surface area (Å²) in [6, 6.07) is 10.2. The van der Waals surface area contributed by atoms with Gasteiger partial charge < -0.3 is 10.6 Å². The molecule has 8 heteroatoms. The molecule has 1 aromatic carbocycles. The highest BCUT2D eigenvalue weighted by Crippen LogP contribution is 2.27. The predicted octanol–water partition coefficient (Wildman–Crippen LogP) is 2.11. The van der Waals surface area contributed by atoms with Crippen molar-refractivity contribution in [2.24, 2.45) is 12.0 Å². The standard InChI is InChI=1S/C17H21N7S/c1-12-14(25-16(23-12)13-7-5-4-6-8-13)9-19-17(18-2)20-10-15-21-11-22-24(15)3/h4-8,11H,9-10H2,1-3H3,(H2,18,19,20). The monoisotopic (exact) mass is 355 g/mol. The Balaban J connectivity index is 1.60. The molecule has 130 valence electrons. The molecule has 0 spiro atoms. The number of aromatic nitrogens is 4. The normalized spacial score (nSPS) is 11.6. The lowest BCUT2D eigenvalue weighted by Crippen LogP contribution is -2.36. The number of thiazole rings is 1. The molecule has 0 atom stereocenters. The Hall–Kier alpha value is -2.74. The SMILES string of the molecule is CN=C(NCc1sc(-c2ccccc2)nc1C)NCc1ncnn1C. The molecule has 0 aliphatic carbocycles. The fourth-order valence-electron chi connectivity index (χ4n) is 2.32. The molecule has 0 aliphatic heterocycles. The number of guanidine groups is 1. The van der Waals surface area contributed by atoms with Gasteiger partial charge in [0.25, 0.3) is 0 Å². The van der Waals surface area contributed by atoms with Crippen LogP contribution in [0.2, 0.25) is 0 Å². The zero-order chi connectivity index (χ0) is 17.6. The second kappa shape index (κ2) is 7.89. The van der Waals surface area contributed by atoms with E-state index < -0.39 is 0 Å². The number of aliphatic imine (C=N–C) groups is 1. The van der Waals surface area contributed by atoms with E-state index >= 15 is 0 Å². The molecule has 2 heterocycles. The Morgan fingerprint density at radius 3 is 2.64 bits per heavy atom. The molecule has 0 aliphatic rings. The summed E-state index contributed by atoms with van der Waals surface area (Å²) >= 11 is 1.70. The van der Waals surface area contributed by atoms with Gasteiger partial charge in [-0.2, -0.15) is 5.10 Å². The van der Waals surface area contributed by atoms with Gasteiger partial charge in [0.1, 0.15) is 17.2 Å². The van der Waals surface area contributed by atoms with Crippen LogP contribution in [0.25, 0.3) is 10.6 Å². The quantitative estimate of drug-likeness (QED) is 0.541. The van der Waals surface area contributed by atoms with E-state index in [-0.39, 0.29) is 0 Å². The van der Waals surface area contributed by atoms with E-state index in [0.717, 1.165) is 28.0 Å². The molecule has 7 nitrogen and oxygen atoms in total. The summed E-state index contributed by atoms with van der Waals surface area (Å²) in [5.74, 6) is 1.57. The predicted molar refractivity (Wildman–Crippen MR) is 100 cm³/mol. The summed E-state index contributed by atoms with van der Waals surface area (Å²) in [5, 5.41) is 11.7. The van der Waals surface area contributed by atoms with Crippen molar-refractivity contribution in [1.29, 1.82) is 0 Å². The lowest BCUT2D eigenvalue weighted by atomic mass is 10.2. The number of aryl methyl sites for hydroxylation is 2. The first-order valence-corrected chi connectivity index (χ1v) is 8.78. The average molecular weight is 355 g/mol. The number of hydrogen-bond acceptors (Lipinski definition) is 5. The van der Waals surface area contributed by atoms with Crippen LogP contribution in [-0.4, -0.2) is 32.8 Å². The van der Waals surface area contributed by atoms with E-state index in [1.807, 2.05) is 32.2 Å². The van der Waals surface area contributed by atoms with Crippen LogP contribution < -0.4 is 10.6 Å². The zero-order valence-electron chi connectivity index (χ0n) is 14.5. The van der Waals surface area contributed by atoms with Crippen LogP contribution in [0, 0.1) is 6.92 Å². The molecule has 0 unspecified atom stereocenters. The number of benzene rings is 1. The van der Waals surface area contributed by atoms with Gasteiger partial charge in [0, 0.05) is 24.5 Å². The molecule has 0 bridgehead atoms. The summed E-state index contributed by atoms with van der Waals surface area (Å²) in [6.45, 7) is 3.28. The van der Waals surface area contributed by atoms with Gasteiger partial charge in [-0.05, 0) is 6.92 Å². The summed E-state index contributed by atoms with van der Waals surface area (Å²) in [5.41, 5.74) is 2.19. The molecular formula is C17H21N7S. The molecule has 0 saturated carbocycles. The van der Waals surface area contributed by atoms with Crippen LogP contribution in [0.1, 0.15) is 16.4 Å². The fraction of sp³-hybridized carbons (Fsp3) is 0.294. The van der Waals surface area contributed by atoms with Crippen molar-refractivity contribution in [3.05, 3.63) is 53.1 Å². The summed E-state index contributed by atoms with van der Waals surface area (Å²) < 4.78 is 1.74. The third kappa shape index (κ3) is 4.21. The summed E-state index contributed by atoms with van der Waals surface area (Å²) in [4.78, 5) is 14.3. The fourth-order valence-corrected chi connectivity index (χ4v) is 3.33. The third-order valence-corrected chi connectivity index (χ3v) is 4.98. The lowest BCUT2D eigenvalue weighted by Gasteiger charge is -2.10. The van der Waals surface area contributed by atoms with Crippen molar-refractivity contribution in [2.75, 3.05) is 7.05 Å². The number of nitrogens with one attached hydrogen (secondary N) is 2. The minimum atomic E-state index is 0.563. The van der Waals surface area contributed by atoms with Gasteiger partial charge in [0.15, 0.2) is 5.96 Å². The van der Waals surface area contributed by atoms with Crippen molar-refractivity contribution in [3.63, 3.8) is 0 Å². The first kappa shape index (κ1) is 17.1. The van der Waals surface area contributed by atoms with E-state index in [1.165, 1.54) is 4.88 Å². The molecule has 2 N–H and O–H groups in total. The highest BCUT2D eigenvalue weighted by atomic mass is 32.1. The molecule has 0 radical (unpaired) electrons. The highest BCUT2D eigenvalue weighted by Gasteiger charge is 2.10. The van der Waals surface area contributed by atoms with Crippen molar-refractivity contribution in [1.82, 2.24) is 30.4 Å². The molecule has 3 aromatic rings. The van der Waals surface area contributed by atoms with Gasteiger partial charge in [-0.25, -0.2) is 9.97 Å². The Morgan fingerprint density at radius 2 is 1.96 bits per heavy atom. The number of nitrogens with zero attached hydrogens (tertiary/aromatic N) is 5. The molecule has 3 rings (SSSR count). The molecule has 0 saturated heterocycles. The van der Waals surface area contributed by atoms with Gasteiger partial charge >= 0.3 is 0 Å². The van der Waals surface area contributed by atoms with Gasteiger partial charge in [0.05, 0.1) is 18.8 Å². The maximum atomic E-state index is 4.68. The Morgan fingerprint density at radius 1 is 1.20 bits per heavy atom. The third-order valence-electron chi connectivity index (χ3n) is 3.77. The summed E-state index contributed by atoms with van der Waals surface area (Å²) in [7, 11) is 3.62. The van der Waals surface area contributed by atoms with Crippen molar-refractivity contribution < 1.29 is 0 Å². The molecule has 2 aromatic heterocycles. The van der Waals surface area contributed by atoms with E-state index in [0.29, 0.717) is 13.1 Å². The number of hydrogen-bond donors (Lipinski definition) is 2. The zero-order valence-corrected chi connectivity index (χ0v) is 15.3. The van der Waals surface area contributed by atoms with E-state index in [1.54, 1.807) is 29.4 Å². The Labute approximate surface area is 150 Å². The first-order valence-electron chi connectivity index (χ1n) is 7.96. The maximum absolute atomic E-state index is 4.68. The molecule has 25 heavy (non-hydrogen) atoms. The second-order valence-corrected chi connectivity index (χ2v) is 6.56. The minimum Gasteiger partial charge on any atom is -0.351 e. The van der Waals surface area contributed by atoms with E-state index in [9.17, 15) is 0 Å². The van der Waals surface area contributed by atoms with Crippen LogP contribution in [0.3, 0.4) is 0 Å². The van der Waals surface area contributed by atoms with Crippen LogP contribution >= 0.6 is 11.3 Å². The maximum Gasteiger partial charge on any atom is 0.191 e. The minimum absolute atomic E-state index is 0.563. The van der Waals surface area contributed by atoms with Crippen molar-refractivity contribution in [3.8, 4) is 10.6 Å². The summed E-state index contributed by atoms with van der Waals surface area (Å²) in [6.07, 6.45) is 1.54. The number of rotatable bonds is 5. The second-order valence-electron chi connectivity index (χ2n) is 5.47. The Bertz CT molecular complexity index is 851. The van der Waals surface area contributed by atoms with Crippen molar-refractivity contribution >= 4 is 17.3 Å². The topological polar surface area (TPSA) is 80.0 Å². The molecular weight excluding hydrogens is 334 g/mol. The Kier molecular flexibility index (Phi) is 5.39. The van der Waals surface area contributed by atoms with Crippen LogP contribution in [0.5, 0.6) is 0 Å². The van der Waals surface area contributed by atoms with Gasteiger partial charge in [-0.15, -0.1) is 11.3 Å². The van der Waals surface area contributed by atoms with Crippen LogP contribution in [0.4, 0.5) is 0 Å². The smallest absolute Gasteiger partial charge is 0.191 e. The average Bonchev–Trinajstić information content (AvgIpc) is 3.21. The first-order chi connectivity index (χ1) is 12.2. The van der Waals surface area contributed by atoms with Crippen molar-refractivity contribution in [2.45, 2.75) is 20.0 Å². The lowest BCUT2D eigenvalue weighted by molar-refractivity contribution is 0.673. The van der Waals surface area contributed by atoms with Gasteiger partial charge in [0.2, 0.25) is 0 Å². The van der Waals surface area contributed by atoms with Gasteiger partial charge in [-0.1, -0.05) is 30.3 Å². The highest BCUT2D eigenvalue weighted by molar-refractivity contribution is 7.15. The van der Waals surface area contributed by atoms with E-state index in [4.69, 9.17) is 0 Å².